The van der Waals surface area contributed by atoms with Crippen molar-refractivity contribution in [1.82, 2.24) is 0 Å². The minimum absolute atomic E-state index is 0.0923. The molecule has 5 nitrogen and oxygen atoms in total. The van der Waals surface area contributed by atoms with E-state index >= 15 is 0 Å². The lowest BCUT2D eigenvalue weighted by atomic mass is 10.0. The molecule has 1 aliphatic rings. The van der Waals surface area contributed by atoms with Gasteiger partial charge >= 0.3 is 5.97 Å². The molecule has 23 heavy (non-hydrogen) atoms. The average molecular weight is 332 g/mol. The molecule has 0 bridgehead atoms. The summed E-state index contributed by atoms with van der Waals surface area (Å²) in [6.45, 7) is 2.29. The molecule has 2 aromatic rings. The van der Waals surface area contributed by atoms with Crippen LogP contribution in [-0.2, 0) is 4.74 Å². The molecule has 1 saturated heterocycles. The number of hydrogen-bond donors (Lipinski definition) is 1. The number of aromatic carboxylic acids is 1. The molecule has 1 fully saturated rings. The number of morpholine rings is 1. The molecule has 1 N–H and O–H groups in total. The highest BCUT2D eigenvalue weighted by molar-refractivity contribution is 7.18. The zero-order valence-electron chi connectivity index (χ0n) is 12.1. The Morgan fingerprint density at radius 1 is 1.30 bits per heavy atom. The largest absolute Gasteiger partial charge is 0.477 e. The number of thiophene rings is 1. The Labute approximate surface area is 136 Å². The second-order valence-electron chi connectivity index (χ2n) is 5.01. The first-order valence-electron chi connectivity index (χ1n) is 7.00. The third-order valence-electron chi connectivity index (χ3n) is 3.63. The van der Waals surface area contributed by atoms with Gasteiger partial charge in [0.2, 0.25) is 0 Å². The molecule has 7 heteroatoms. The Kier molecular flexibility index (Phi) is 4.28. The number of carboxylic acids is 1. The zero-order chi connectivity index (χ0) is 16.4. The Balaban J connectivity index is 2.16. The van der Waals surface area contributed by atoms with Gasteiger partial charge in [0.15, 0.2) is 0 Å². The van der Waals surface area contributed by atoms with Crippen molar-refractivity contribution in [2.75, 3.05) is 31.2 Å². The van der Waals surface area contributed by atoms with Crippen LogP contribution < -0.4 is 4.90 Å². The molecule has 0 amide bonds. The molecular formula is C16H13FN2O3S. The van der Waals surface area contributed by atoms with Gasteiger partial charge < -0.3 is 14.7 Å². The summed E-state index contributed by atoms with van der Waals surface area (Å²) in [6.07, 6.45) is 0. The van der Waals surface area contributed by atoms with Gasteiger partial charge in [-0.15, -0.1) is 11.3 Å². The van der Waals surface area contributed by atoms with Crippen LogP contribution in [0.1, 0.15) is 15.2 Å². The van der Waals surface area contributed by atoms with E-state index in [9.17, 15) is 19.6 Å². The summed E-state index contributed by atoms with van der Waals surface area (Å²) < 4.78 is 18.4. The highest BCUT2D eigenvalue weighted by Gasteiger charge is 2.27. The fourth-order valence-electron chi connectivity index (χ4n) is 2.55. The molecule has 0 spiro atoms. The predicted molar refractivity (Wildman–Crippen MR) is 84.4 cm³/mol. The molecule has 1 aliphatic heterocycles. The maximum atomic E-state index is 13.1. The van der Waals surface area contributed by atoms with Crippen LogP contribution in [0.3, 0.4) is 0 Å². The van der Waals surface area contributed by atoms with Crippen molar-refractivity contribution in [3.05, 3.63) is 40.5 Å². The first-order chi connectivity index (χ1) is 11.1. The maximum Gasteiger partial charge on any atom is 0.346 e. The van der Waals surface area contributed by atoms with Crippen molar-refractivity contribution < 1.29 is 19.0 Å². The van der Waals surface area contributed by atoms with Crippen molar-refractivity contribution in [2.45, 2.75) is 0 Å². The highest BCUT2D eigenvalue weighted by Crippen LogP contribution is 2.42. The number of rotatable bonds is 3. The summed E-state index contributed by atoms with van der Waals surface area (Å²) in [7, 11) is 0. The molecular weight excluding hydrogens is 319 g/mol. The van der Waals surface area contributed by atoms with Crippen LogP contribution in [0.2, 0.25) is 0 Å². The lowest BCUT2D eigenvalue weighted by Crippen LogP contribution is -2.36. The normalized spacial score (nSPS) is 14.5. The zero-order valence-corrected chi connectivity index (χ0v) is 12.9. The summed E-state index contributed by atoms with van der Waals surface area (Å²) in [6, 6.07) is 7.62. The Morgan fingerprint density at radius 2 is 1.96 bits per heavy atom. The van der Waals surface area contributed by atoms with E-state index in [4.69, 9.17) is 4.74 Å². The van der Waals surface area contributed by atoms with E-state index in [-0.39, 0.29) is 4.88 Å². The molecule has 3 rings (SSSR count). The maximum absolute atomic E-state index is 13.1. The number of carbonyl (C=O) groups is 1. The van der Waals surface area contributed by atoms with E-state index in [0.29, 0.717) is 48.0 Å². The Hall–Kier alpha value is -2.43. The summed E-state index contributed by atoms with van der Waals surface area (Å²) in [5.41, 5.74) is 1.20. The molecule has 2 heterocycles. The number of benzene rings is 1. The van der Waals surface area contributed by atoms with Crippen LogP contribution in [0.15, 0.2) is 24.3 Å². The topological polar surface area (TPSA) is 73.6 Å². The van der Waals surface area contributed by atoms with Gasteiger partial charge in [0.05, 0.1) is 18.8 Å². The second-order valence-corrected chi connectivity index (χ2v) is 6.01. The Bertz CT molecular complexity index is 774. The molecule has 118 valence electrons. The minimum Gasteiger partial charge on any atom is -0.477 e. The van der Waals surface area contributed by atoms with Crippen LogP contribution in [0, 0.1) is 17.1 Å². The SMILES string of the molecule is N#Cc1c(N2CCOCC2)sc(C(=O)O)c1-c1ccc(F)cc1. The quantitative estimate of drug-likeness (QED) is 0.935. The summed E-state index contributed by atoms with van der Waals surface area (Å²) >= 11 is 1.08. The number of ether oxygens (including phenoxy) is 1. The molecule has 1 aromatic heterocycles. The van der Waals surface area contributed by atoms with Crippen LogP contribution in [0.5, 0.6) is 0 Å². The van der Waals surface area contributed by atoms with Gasteiger partial charge in [-0.1, -0.05) is 12.1 Å². The summed E-state index contributed by atoms with van der Waals surface area (Å²) in [4.78, 5) is 13.7. The van der Waals surface area contributed by atoms with E-state index in [1.807, 2.05) is 4.90 Å². The monoisotopic (exact) mass is 332 g/mol. The van der Waals surface area contributed by atoms with Gasteiger partial charge in [0.1, 0.15) is 21.8 Å². The van der Waals surface area contributed by atoms with Crippen molar-refractivity contribution >= 4 is 22.3 Å². The number of anilines is 1. The van der Waals surface area contributed by atoms with Crippen LogP contribution in [0.25, 0.3) is 11.1 Å². The minimum atomic E-state index is -1.09. The number of carboxylic acid groups (broad SMARTS) is 1. The van der Waals surface area contributed by atoms with Crippen molar-refractivity contribution in [1.29, 1.82) is 5.26 Å². The summed E-state index contributed by atoms with van der Waals surface area (Å²) in [5.74, 6) is -1.50. The van der Waals surface area contributed by atoms with Crippen LogP contribution in [-0.4, -0.2) is 37.4 Å². The van der Waals surface area contributed by atoms with E-state index in [1.54, 1.807) is 0 Å². The van der Waals surface area contributed by atoms with Crippen LogP contribution >= 0.6 is 11.3 Å². The average Bonchev–Trinajstić information content (AvgIpc) is 2.96. The summed E-state index contributed by atoms with van der Waals surface area (Å²) in [5, 5.41) is 19.7. The number of hydrogen-bond acceptors (Lipinski definition) is 5. The molecule has 0 atom stereocenters. The fraction of sp³-hybridized carbons (Fsp3) is 0.250. The molecule has 0 radical (unpaired) electrons. The van der Waals surface area contributed by atoms with E-state index < -0.39 is 11.8 Å². The third-order valence-corrected chi connectivity index (χ3v) is 4.87. The second kappa shape index (κ2) is 6.36. The van der Waals surface area contributed by atoms with E-state index in [2.05, 4.69) is 6.07 Å². The van der Waals surface area contributed by atoms with Gasteiger partial charge in [0.25, 0.3) is 0 Å². The number of nitriles is 1. The van der Waals surface area contributed by atoms with Gasteiger partial charge in [-0.3, -0.25) is 0 Å². The predicted octanol–water partition coefficient (Wildman–Crippen LogP) is 2.96. The molecule has 1 aromatic carbocycles. The van der Waals surface area contributed by atoms with Gasteiger partial charge in [-0.2, -0.15) is 5.26 Å². The van der Waals surface area contributed by atoms with Crippen LogP contribution in [0.4, 0.5) is 9.39 Å². The van der Waals surface area contributed by atoms with Gasteiger partial charge in [-0.25, -0.2) is 9.18 Å². The number of nitrogens with zero attached hydrogens (tertiary/aromatic N) is 2. The molecule has 0 unspecified atom stereocenters. The number of halogens is 1. The van der Waals surface area contributed by atoms with E-state index in [0.717, 1.165) is 11.3 Å². The lowest BCUT2D eigenvalue weighted by molar-refractivity contribution is 0.0703. The molecule has 0 aliphatic carbocycles. The van der Waals surface area contributed by atoms with Crippen molar-refractivity contribution in [3.8, 4) is 17.2 Å². The standard InChI is InChI=1S/C16H13FN2O3S/c17-11-3-1-10(2-4-11)13-12(9-18)15(23-14(13)16(20)21)19-5-7-22-8-6-19/h1-4H,5-8H2,(H,20,21). The first-order valence-corrected chi connectivity index (χ1v) is 7.82. The van der Waals surface area contributed by atoms with Gasteiger partial charge in [-0.05, 0) is 17.7 Å². The highest BCUT2D eigenvalue weighted by atomic mass is 32.1. The first kappa shape index (κ1) is 15.5. The smallest absolute Gasteiger partial charge is 0.346 e. The van der Waals surface area contributed by atoms with Crippen molar-refractivity contribution in [2.24, 2.45) is 0 Å². The molecule has 0 saturated carbocycles. The third kappa shape index (κ3) is 2.91. The fourth-order valence-corrected chi connectivity index (χ4v) is 3.72. The Morgan fingerprint density at radius 3 is 2.52 bits per heavy atom. The van der Waals surface area contributed by atoms with E-state index in [1.165, 1.54) is 24.3 Å². The van der Waals surface area contributed by atoms with Gasteiger partial charge in [0, 0.05) is 18.7 Å². The van der Waals surface area contributed by atoms with Crippen molar-refractivity contribution in [3.63, 3.8) is 0 Å². The lowest BCUT2D eigenvalue weighted by Gasteiger charge is -2.27.